The van der Waals surface area contributed by atoms with Gasteiger partial charge in [0, 0.05) is 37.0 Å². The van der Waals surface area contributed by atoms with E-state index in [4.69, 9.17) is 0 Å². The van der Waals surface area contributed by atoms with E-state index in [1.807, 2.05) is 11.3 Å². The highest BCUT2D eigenvalue weighted by atomic mass is 32.1. The fourth-order valence-corrected chi connectivity index (χ4v) is 9.94. The molecule has 0 atom stereocenters. The smallest absolute Gasteiger partial charge is 0.0540 e. The number of rotatable bonds is 6. The van der Waals surface area contributed by atoms with E-state index in [-0.39, 0.29) is 0 Å². The third-order valence-corrected chi connectivity index (χ3v) is 12.5. The Morgan fingerprint density at radius 3 is 1.61 bits per heavy atom. The summed E-state index contributed by atoms with van der Waals surface area (Å²) in [5.41, 5.74) is 10.6. The van der Waals surface area contributed by atoms with Crippen LogP contribution < -0.4 is 4.90 Å². The van der Waals surface area contributed by atoms with Crippen molar-refractivity contribution in [1.29, 1.82) is 0 Å². The molecular weight excluding hydrogens is 695 g/mol. The highest BCUT2D eigenvalue weighted by Gasteiger charge is 2.22. The lowest BCUT2D eigenvalue weighted by Crippen LogP contribution is -2.12. The SMILES string of the molecule is c1ccc(N(c2ccc(-c3cccc4c3sc3ccccc34)cc2)c2ccccc2-c2cc3ccccc3c3ccccc23)c(-c2cccc3ccccc23)c1. The quantitative estimate of drug-likeness (QED) is 0.154. The highest BCUT2D eigenvalue weighted by molar-refractivity contribution is 7.26. The van der Waals surface area contributed by atoms with Crippen molar-refractivity contribution in [2.45, 2.75) is 0 Å². The van der Waals surface area contributed by atoms with E-state index in [1.54, 1.807) is 0 Å². The Labute approximate surface area is 330 Å². The van der Waals surface area contributed by atoms with Crippen LogP contribution in [0, 0.1) is 0 Å². The molecule has 0 aliphatic carbocycles. The van der Waals surface area contributed by atoms with Crippen LogP contribution in [0.5, 0.6) is 0 Å². The van der Waals surface area contributed by atoms with Gasteiger partial charge in [0.2, 0.25) is 0 Å². The van der Waals surface area contributed by atoms with Gasteiger partial charge in [0.05, 0.1) is 11.4 Å². The molecule has 262 valence electrons. The molecule has 0 saturated heterocycles. The molecule has 10 aromatic carbocycles. The molecular formula is C54H35NS. The Bertz CT molecular complexity index is 3260. The molecule has 0 unspecified atom stereocenters. The van der Waals surface area contributed by atoms with Gasteiger partial charge in [-0.25, -0.2) is 0 Å². The van der Waals surface area contributed by atoms with Gasteiger partial charge in [0.25, 0.3) is 0 Å². The second kappa shape index (κ2) is 13.4. The third kappa shape index (κ3) is 5.30. The average Bonchev–Trinajstić information content (AvgIpc) is 3.66. The summed E-state index contributed by atoms with van der Waals surface area (Å²) in [6.07, 6.45) is 0. The molecule has 0 saturated carbocycles. The van der Waals surface area contributed by atoms with E-state index >= 15 is 0 Å². The van der Waals surface area contributed by atoms with Crippen molar-refractivity contribution in [3.8, 4) is 33.4 Å². The summed E-state index contributed by atoms with van der Waals surface area (Å²) in [5, 5.41) is 10.1. The molecule has 2 heteroatoms. The first kappa shape index (κ1) is 32.4. The van der Waals surface area contributed by atoms with Gasteiger partial charge in [0.1, 0.15) is 0 Å². The summed E-state index contributed by atoms with van der Waals surface area (Å²) in [6.45, 7) is 0. The summed E-state index contributed by atoms with van der Waals surface area (Å²) < 4.78 is 2.65. The molecule has 0 spiro atoms. The molecule has 1 aromatic heterocycles. The van der Waals surface area contributed by atoms with Crippen molar-refractivity contribution < 1.29 is 0 Å². The van der Waals surface area contributed by atoms with Gasteiger partial charge < -0.3 is 4.90 Å². The summed E-state index contributed by atoms with van der Waals surface area (Å²) in [5.74, 6) is 0. The first-order valence-corrected chi connectivity index (χ1v) is 20.0. The summed E-state index contributed by atoms with van der Waals surface area (Å²) in [4.78, 5) is 2.47. The fourth-order valence-electron chi connectivity index (χ4n) is 8.70. The Morgan fingerprint density at radius 1 is 0.304 bits per heavy atom. The van der Waals surface area contributed by atoms with Crippen LogP contribution in [0.1, 0.15) is 0 Å². The minimum Gasteiger partial charge on any atom is -0.309 e. The van der Waals surface area contributed by atoms with E-state index in [2.05, 4.69) is 217 Å². The number of thiophene rings is 1. The number of para-hydroxylation sites is 2. The molecule has 1 heterocycles. The number of benzene rings is 10. The number of hydrogen-bond donors (Lipinski definition) is 0. The van der Waals surface area contributed by atoms with Crippen molar-refractivity contribution >= 4 is 80.9 Å². The Balaban J connectivity index is 1.15. The number of anilines is 3. The van der Waals surface area contributed by atoms with Gasteiger partial charge in [-0.3, -0.25) is 0 Å². The summed E-state index contributed by atoms with van der Waals surface area (Å²) in [7, 11) is 0. The third-order valence-electron chi connectivity index (χ3n) is 11.3. The van der Waals surface area contributed by atoms with Gasteiger partial charge in [-0.15, -0.1) is 11.3 Å². The molecule has 0 aliphatic rings. The van der Waals surface area contributed by atoms with Gasteiger partial charge in [-0.05, 0) is 91.0 Å². The van der Waals surface area contributed by atoms with Crippen molar-refractivity contribution in [2.24, 2.45) is 0 Å². The molecule has 11 aromatic rings. The first-order valence-electron chi connectivity index (χ1n) is 19.2. The maximum Gasteiger partial charge on any atom is 0.0540 e. The molecule has 0 radical (unpaired) electrons. The van der Waals surface area contributed by atoms with Crippen LogP contribution in [-0.2, 0) is 0 Å². The number of nitrogens with zero attached hydrogens (tertiary/aromatic N) is 1. The minimum absolute atomic E-state index is 1.10. The first-order chi connectivity index (χ1) is 27.8. The van der Waals surface area contributed by atoms with Crippen molar-refractivity contribution in [3.63, 3.8) is 0 Å². The van der Waals surface area contributed by atoms with E-state index in [1.165, 1.54) is 85.9 Å². The van der Waals surface area contributed by atoms with E-state index in [9.17, 15) is 0 Å². The van der Waals surface area contributed by atoms with Crippen molar-refractivity contribution in [1.82, 2.24) is 0 Å². The highest BCUT2D eigenvalue weighted by Crippen LogP contribution is 2.48. The van der Waals surface area contributed by atoms with Crippen LogP contribution >= 0.6 is 11.3 Å². The molecule has 1 nitrogen and oxygen atoms in total. The van der Waals surface area contributed by atoms with Crippen molar-refractivity contribution in [3.05, 3.63) is 212 Å². The van der Waals surface area contributed by atoms with E-state index < -0.39 is 0 Å². The monoisotopic (exact) mass is 729 g/mol. The average molecular weight is 730 g/mol. The maximum atomic E-state index is 2.47. The molecule has 0 amide bonds. The van der Waals surface area contributed by atoms with Gasteiger partial charge in [0.15, 0.2) is 0 Å². The second-order valence-electron chi connectivity index (χ2n) is 14.4. The Kier molecular flexibility index (Phi) is 7.75. The topological polar surface area (TPSA) is 3.24 Å². The zero-order valence-corrected chi connectivity index (χ0v) is 31.4. The minimum atomic E-state index is 1.10. The van der Waals surface area contributed by atoms with Crippen LogP contribution in [0.3, 0.4) is 0 Å². The van der Waals surface area contributed by atoms with Crippen LogP contribution in [0.25, 0.3) is 85.9 Å². The van der Waals surface area contributed by atoms with Crippen LogP contribution in [-0.4, -0.2) is 0 Å². The van der Waals surface area contributed by atoms with Gasteiger partial charge in [-0.1, -0.05) is 176 Å². The molecule has 0 fully saturated rings. The zero-order valence-electron chi connectivity index (χ0n) is 30.6. The number of fused-ring (bicyclic) bond motifs is 7. The van der Waals surface area contributed by atoms with Crippen LogP contribution in [0.4, 0.5) is 17.1 Å². The molecule has 56 heavy (non-hydrogen) atoms. The fraction of sp³-hybridized carbons (Fsp3) is 0. The van der Waals surface area contributed by atoms with Crippen LogP contribution in [0.2, 0.25) is 0 Å². The lowest BCUT2D eigenvalue weighted by Gasteiger charge is -2.30. The van der Waals surface area contributed by atoms with E-state index in [0.29, 0.717) is 0 Å². The normalized spacial score (nSPS) is 11.6. The number of hydrogen-bond acceptors (Lipinski definition) is 2. The van der Waals surface area contributed by atoms with Gasteiger partial charge in [-0.2, -0.15) is 0 Å². The zero-order chi connectivity index (χ0) is 37.0. The molecule has 0 bridgehead atoms. The molecule has 0 N–H and O–H groups in total. The summed E-state index contributed by atoms with van der Waals surface area (Å²) >= 11 is 1.88. The molecule has 11 rings (SSSR count). The Morgan fingerprint density at radius 2 is 0.821 bits per heavy atom. The van der Waals surface area contributed by atoms with E-state index in [0.717, 1.165) is 17.1 Å². The predicted molar refractivity (Wildman–Crippen MR) is 243 cm³/mol. The lowest BCUT2D eigenvalue weighted by atomic mass is 9.91. The predicted octanol–water partition coefficient (Wildman–Crippen LogP) is 16.0. The van der Waals surface area contributed by atoms with Crippen LogP contribution in [0.15, 0.2) is 212 Å². The standard InChI is InChI=1S/C54H35NS/c1-3-18-40-36(15-1)17-13-26-44(40)46-22-7-10-28-51(46)55(39-33-31-37(32-34-39)42-25-14-27-49-48-24-9-12-30-53(48)56-54(42)49)52-29-11-8-23-47(52)50-35-38-16-2-4-19-41(38)43-20-5-6-21-45(43)50/h1-35H. The molecule has 0 aliphatic heterocycles. The van der Waals surface area contributed by atoms with Gasteiger partial charge >= 0.3 is 0 Å². The van der Waals surface area contributed by atoms with Crippen molar-refractivity contribution in [2.75, 3.05) is 4.90 Å². The maximum absolute atomic E-state index is 2.47. The summed E-state index contributed by atoms with van der Waals surface area (Å²) in [6, 6.07) is 77.8. The largest absolute Gasteiger partial charge is 0.309 e. The lowest BCUT2D eigenvalue weighted by molar-refractivity contribution is 1.29. The Hall–Kier alpha value is -7.00. The second-order valence-corrected chi connectivity index (χ2v) is 15.5.